The van der Waals surface area contributed by atoms with Gasteiger partial charge in [-0.25, -0.2) is 8.42 Å². The summed E-state index contributed by atoms with van der Waals surface area (Å²) in [5.74, 6) is -0.819. The van der Waals surface area contributed by atoms with Crippen molar-refractivity contribution >= 4 is 50.7 Å². The van der Waals surface area contributed by atoms with Gasteiger partial charge in [-0.2, -0.15) is 0 Å². The van der Waals surface area contributed by atoms with E-state index in [1.54, 1.807) is 37.3 Å². The maximum atomic E-state index is 13.6. The maximum Gasteiger partial charge on any atom is 0.244 e. The largest absolute Gasteiger partial charge is 0.352 e. The van der Waals surface area contributed by atoms with E-state index in [4.69, 9.17) is 23.2 Å². The second-order valence-electron chi connectivity index (χ2n) is 8.65. The van der Waals surface area contributed by atoms with Crippen LogP contribution in [0.25, 0.3) is 0 Å². The van der Waals surface area contributed by atoms with Crippen LogP contribution in [0.3, 0.4) is 0 Å². The molecule has 0 saturated heterocycles. The summed E-state index contributed by atoms with van der Waals surface area (Å²) in [5.41, 5.74) is 2.10. The Balaban J connectivity index is 2.45. The summed E-state index contributed by atoms with van der Waals surface area (Å²) in [6, 6.07) is 11.1. The number of aryl methyl sites for hydroxylation is 1. The quantitative estimate of drug-likeness (QED) is 0.448. The van der Waals surface area contributed by atoms with Crippen LogP contribution in [-0.4, -0.2) is 50.0 Å². The zero-order valence-corrected chi connectivity index (χ0v) is 23.0. The van der Waals surface area contributed by atoms with Gasteiger partial charge in [0.25, 0.3) is 0 Å². The first-order valence-electron chi connectivity index (χ1n) is 11.5. The molecule has 0 bridgehead atoms. The van der Waals surface area contributed by atoms with Crippen LogP contribution < -0.4 is 9.62 Å². The molecule has 35 heavy (non-hydrogen) atoms. The number of hydrogen-bond donors (Lipinski definition) is 1. The van der Waals surface area contributed by atoms with Crippen molar-refractivity contribution in [1.82, 2.24) is 10.2 Å². The summed E-state index contributed by atoms with van der Waals surface area (Å²) in [7, 11) is -3.78. The summed E-state index contributed by atoms with van der Waals surface area (Å²) < 4.78 is 26.4. The average Bonchev–Trinajstić information content (AvgIpc) is 2.78. The molecule has 0 heterocycles. The van der Waals surface area contributed by atoms with Crippen LogP contribution >= 0.6 is 23.2 Å². The normalized spacial score (nSPS) is 12.3. The number of nitrogens with zero attached hydrogens (tertiary/aromatic N) is 2. The van der Waals surface area contributed by atoms with Gasteiger partial charge in [-0.3, -0.25) is 13.9 Å². The second kappa shape index (κ2) is 12.6. The monoisotopic (exact) mass is 541 g/mol. The van der Waals surface area contributed by atoms with Crippen molar-refractivity contribution in [3.8, 4) is 0 Å². The van der Waals surface area contributed by atoms with Crippen LogP contribution in [0, 0.1) is 0 Å². The van der Waals surface area contributed by atoms with Crippen molar-refractivity contribution in [2.45, 2.75) is 59.2 Å². The Labute approximate surface area is 218 Å². The average molecular weight is 543 g/mol. The van der Waals surface area contributed by atoms with Gasteiger partial charge in [0.15, 0.2) is 0 Å². The van der Waals surface area contributed by atoms with E-state index in [1.807, 2.05) is 32.9 Å². The highest BCUT2D eigenvalue weighted by Crippen LogP contribution is 2.25. The molecule has 7 nitrogen and oxygen atoms in total. The van der Waals surface area contributed by atoms with Gasteiger partial charge >= 0.3 is 0 Å². The van der Waals surface area contributed by atoms with E-state index in [-0.39, 0.29) is 18.5 Å². The molecule has 0 aliphatic heterocycles. The van der Waals surface area contributed by atoms with E-state index in [1.165, 1.54) is 4.90 Å². The highest BCUT2D eigenvalue weighted by Gasteiger charge is 2.32. The Morgan fingerprint density at radius 1 is 0.971 bits per heavy atom. The minimum Gasteiger partial charge on any atom is -0.352 e. The standard InChI is InChI=1S/C25H33Cl2N3O4S/c1-6-18-8-11-20(12-9-18)30(35(5,33)34)16-24(31)29(23(7-2)25(32)28-17(3)4)15-19-10-13-21(26)22(27)14-19/h8-14,17,23H,6-7,15-16H2,1-5H3,(H,28,32)/t23-/m0/s1. The first-order valence-corrected chi connectivity index (χ1v) is 14.1. The van der Waals surface area contributed by atoms with Crippen LogP contribution in [-0.2, 0) is 32.6 Å². The molecule has 0 fully saturated rings. The number of halogens is 2. The van der Waals surface area contributed by atoms with Crippen molar-refractivity contribution in [1.29, 1.82) is 0 Å². The molecule has 2 aromatic carbocycles. The van der Waals surface area contributed by atoms with Crippen molar-refractivity contribution in [2.75, 3.05) is 17.1 Å². The third kappa shape index (κ3) is 8.12. The Bertz CT molecular complexity index is 1140. The van der Waals surface area contributed by atoms with Crippen LogP contribution in [0.2, 0.25) is 10.0 Å². The summed E-state index contributed by atoms with van der Waals surface area (Å²) >= 11 is 12.2. The van der Waals surface area contributed by atoms with Gasteiger partial charge in [0.2, 0.25) is 21.8 Å². The zero-order valence-electron chi connectivity index (χ0n) is 20.7. The highest BCUT2D eigenvalue weighted by atomic mass is 35.5. The first-order chi connectivity index (χ1) is 16.4. The van der Waals surface area contributed by atoms with Gasteiger partial charge in [-0.15, -0.1) is 0 Å². The summed E-state index contributed by atoms with van der Waals surface area (Å²) in [6.07, 6.45) is 2.20. The Kier molecular flexibility index (Phi) is 10.4. The van der Waals surface area contributed by atoms with E-state index in [9.17, 15) is 18.0 Å². The number of carbonyl (C=O) groups is 2. The van der Waals surface area contributed by atoms with Gasteiger partial charge in [0.1, 0.15) is 12.6 Å². The zero-order chi connectivity index (χ0) is 26.3. The number of benzene rings is 2. The van der Waals surface area contributed by atoms with Crippen molar-refractivity contribution in [3.63, 3.8) is 0 Å². The van der Waals surface area contributed by atoms with Crippen molar-refractivity contribution < 1.29 is 18.0 Å². The lowest BCUT2D eigenvalue weighted by molar-refractivity contribution is -0.140. The topological polar surface area (TPSA) is 86.8 Å². The fourth-order valence-corrected chi connectivity index (χ4v) is 4.82. The summed E-state index contributed by atoms with van der Waals surface area (Å²) in [5, 5.41) is 3.55. The molecule has 0 aliphatic rings. The molecule has 0 aliphatic carbocycles. The predicted octanol–water partition coefficient (Wildman–Crippen LogP) is 4.65. The lowest BCUT2D eigenvalue weighted by Crippen LogP contribution is -2.53. The van der Waals surface area contributed by atoms with E-state index >= 15 is 0 Å². The number of hydrogen-bond acceptors (Lipinski definition) is 4. The molecule has 10 heteroatoms. The lowest BCUT2D eigenvalue weighted by atomic mass is 10.1. The molecule has 1 N–H and O–H groups in total. The molecule has 192 valence electrons. The van der Waals surface area contributed by atoms with Gasteiger partial charge in [-0.1, -0.05) is 55.2 Å². The SMILES string of the molecule is CCc1ccc(N(CC(=O)N(Cc2ccc(Cl)c(Cl)c2)[C@@H](CC)C(=O)NC(C)C)S(C)(=O)=O)cc1. The van der Waals surface area contributed by atoms with E-state index < -0.39 is 28.5 Å². The fourth-order valence-electron chi connectivity index (χ4n) is 3.65. The van der Waals surface area contributed by atoms with E-state index in [0.717, 1.165) is 22.5 Å². The minimum atomic E-state index is -3.78. The molecule has 2 aromatic rings. The van der Waals surface area contributed by atoms with E-state index in [0.29, 0.717) is 27.7 Å². The van der Waals surface area contributed by atoms with Gasteiger partial charge in [0.05, 0.1) is 22.0 Å². The molecule has 0 spiro atoms. The smallest absolute Gasteiger partial charge is 0.244 e. The Hall–Kier alpha value is -2.29. The molecule has 0 saturated carbocycles. The van der Waals surface area contributed by atoms with Crippen LogP contribution in [0.4, 0.5) is 5.69 Å². The molecule has 0 radical (unpaired) electrons. The molecule has 2 rings (SSSR count). The number of rotatable bonds is 11. The molecule has 1 atom stereocenters. The second-order valence-corrected chi connectivity index (χ2v) is 11.4. The first kappa shape index (κ1) is 28.9. The number of sulfonamides is 1. The molecule has 2 amide bonds. The third-order valence-electron chi connectivity index (χ3n) is 5.47. The number of anilines is 1. The molecular weight excluding hydrogens is 509 g/mol. The molecular formula is C25H33Cl2N3O4S. The van der Waals surface area contributed by atoms with Crippen molar-refractivity contribution in [2.24, 2.45) is 0 Å². The molecule has 0 aromatic heterocycles. The highest BCUT2D eigenvalue weighted by molar-refractivity contribution is 7.92. The maximum absolute atomic E-state index is 13.6. The van der Waals surface area contributed by atoms with Crippen molar-refractivity contribution in [3.05, 3.63) is 63.6 Å². The van der Waals surface area contributed by atoms with Crippen LogP contribution in [0.1, 0.15) is 45.2 Å². The number of amides is 2. The number of nitrogens with one attached hydrogen (secondary N) is 1. The Morgan fingerprint density at radius 2 is 1.57 bits per heavy atom. The summed E-state index contributed by atoms with van der Waals surface area (Å²) in [4.78, 5) is 28.0. The van der Waals surface area contributed by atoms with Crippen LogP contribution in [0.5, 0.6) is 0 Å². The summed E-state index contributed by atoms with van der Waals surface area (Å²) in [6.45, 7) is 7.09. The fraction of sp³-hybridized carbons (Fsp3) is 0.440. The van der Waals surface area contributed by atoms with Crippen LogP contribution in [0.15, 0.2) is 42.5 Å². The third-order valence-corrected chi connectivity index (χ3v) is 7.35. The van der Waals surface area contributed by atoms with Gasteiger partial charge in [-0.05, 0) is 62.1 Å². The van der Waals surface area contributed by atoms with Gasteiger partial charge in [0, 0.05) is 12.6 Å². The predicted molar refractivity (Wildman–Crippen MR) is 142 cm³/mol. The Morgan fingerprint density at radius 3 is 2.06 bits per heavy atom. The van der Waals surface area contributed by atoms with Gasteiger partial charge < -0.3 is 10.2 Å². The lowest BCUT2D eigenvalue weighted by Gasteiger charge is -2.33. The number of carbonyl (C=O) groups excluding carboxylic acids is 2. The molecule has 0 unspecified atom stereocenters. The minimum absolute atomic E-state index is 0.0616. The van der Waals surface area contributed by atoms with E-state index in [2.05, 4.69) is 5.32 Å².